The maximum Gasteiger partial charge on any atom is 0.311 e. The van der Waals surface area contributed by atoms with Gasteiger partial charge in [0, 0.05) is 5.02 Å². The third-order valence-electron chi connectivity index (χ3n) is 2.37. The van der Waals surface area contributed by atoms with Crippen LogP contribution in [0.25, 0.3) is 0 Å². The molecule has 0 aliphatic carbocycles. The summed E-state index contributed by atoms with van der Waals surface area (Å²) in [5, 5.41) is 13.8. The molecule has 0 fully saturated rings. The molecule has 0 unspecified atom stereocenters. The highest BCUT2D eigenvalue weighted by Gasteiger charge is 2.19. The number of hydrogen-bond donors (Lipinski definition) is 1. The van der Waals surface area contributed by atoms with E-state index in [1.807, 2.05) is 0 Å². The number of nitrogens with one attached hydrogen (secondary N) is 1. The lowest BCUT2D eigenvalue weighted by Crippen LogP contribution is -1.99. The van der Waals surface area contributed by atoms with Gasteiger partial charge in [0.1, 0.15) is 16.5 Å². The van der Waals surface area contributed by atoms with E-state index in [9.17, 15) is 14.5 Å². The fourth-order valence-electron chi connectivity index (χ4n) is 1.54. The number of para-hydroxylation sites is 1. The van der Waals surface area contributed by atoms with Crippen LogP contribution in [0.1, 0.15) is 0 Å². The van der Waals surface area contributed by atoms with E-state index in [2.05, 4.69) is 5.32 Å². The zero-order valence-corrected chi connectivity index (χ0v) is 10.9. The topological polar surface area (TPSA) is 55.2 Å². The van der Waals surface area contributed by atoms with Crippen molar-refractivity contribution >= 4 is 40.3 Å². The van der Waals surface area contributed by atoms with Crippen molar-refractivity contribution in [1.29, 1.82) is 0 Å². The van der Waals surface area contributed by atoms with Gasteiger partial charge in [0.05, 0.1) is 10.6 Å². The lowest BCUT2D eigenvalue weighted by atomic mass is 10.2. The Morgan fingerprint density at radius 3 is 2.53 bits per heavy atom. The predicted octanol–water partition coefficient (Wildman–Crippen LogP) is 4.78. The summed E-state index contributed by atoms with van der Waals surface area (Å²) < 4.78 is 13.6. The van der Waals surface area contributed by atoms with Gasteiger partial charge >= 0.3 is 5.69 Å². The van der Waals surface area contributed by atoms with Crippen LogP contribution in [-0.2, 0) is 0 Å². The normalized spacial score (nSPS) is 10.3. The van der Waals surface area contributed by atoms with E-state index < -0.39 is 10.7 Å². The van der Waals surface area contributed by atoms with Crippen LogP contribution >= 0.6 is 23.2 Å². The summed E-state index contributed by atoms with van der Waals surface area (Å²) in [6.07, 6.45) is 0. The monoisotopic (exact) mass is 300 g/mol. The van der Waals surface area contributed by atoms with Crippen molar-refractivity contribution in [2.75, 3.05) is 5.32 Å². The Kier molecular flexibility index (Phi) is 3.87. The molecule has 0 heterocycles. The molecule has 0 radical (unpaired) electrons. The van der Waals surface area contributed by atoms with Crippen molar-refractivity contribution < 1.29 is 9.31 Å². The molecular formula is C12H7Cl2FN2O2. The Labute approximate surface area is 117 Å². The van der Waals surface area contributed by atoms with Crippen LogP contribution in [0, 0.1) is 15.9 Å². The Hall–Kier alpha value is -1.85. The Bertz CT molecular complexity index is 650. The molecule has 2 aromatic rings. The third kappa shape index (κ3) is 2.94. The second-order valence-electron chi connectivity index (χ2n) is 3.64. The fraction of sp³-hybridized carbons (Fsp3) is 0. The van der Waals surface area contributed by atoms with Crippen LogP contribution in [0.3, 0.4) is 0 Å². The summed E-state index contributed by atoms with van der Waals surface area (Å²) in [5.74, 6) is -0.609. The minimum Gasteiger partial charge on any atom is -0.347 e. The van der Waals surface area contributed by atoms with E-state index in [1.54, 1.807) is 0 Å². The van der Waals surface area contributed by atoms with Gasteiger partial charge in [-0.05, 0) is 30.3 Å². The number of halogens is 3. The van der Waals surface area contributed by atoms with Gasteiger partial charge in [-0.2, -0.15) is 0 Å². The highest BCUT2D eigenvalue weighted by molar-refractivity contribution is 6.33. The Balaban J connectivity index is 2.44. The summed E-state index contributed by atoms with van der Waals surface area (Å²) in [7, 11) is 0. The predicted molar refractivity (Wildman–Crippen MR) is 72.8 cm³/mol. The quantitative estimate of drug-likeness (QED) is 0.655. The molecule has 0 spiro atoms. The van der Waals surface area contributed by atoms with Gasteiger partial charge in [-0.3, -0.25) is 10.1 Å². The van der Waals surface area contributed by atoms with Crippen LogP contribution in [0.4, 0.5) is 21.5 Å². The first-order valence-electron chi connectivity index (χ1n) is 5.14. The molecule has 0 saturated heterocycles. The van der Waals surface area contributed by atoms with E-state index in [0.717, 1.165) is 6.07 Å². The van der Waals surface area contributed by atoms with Gasteiger partial charge in [0.15, 0.2) is 0 Å². The van der Waals surface area contributed by atoms with Crippen molar-refractivity contribution in [3.05, 3.63) is 62.4 Å². The highest BCUT2D eigenvalue weighted by atomic mass is 35.5. The highest BCUT2D eigenvalue weighted by Crippen LogP contribution is 2.35. The molecule has 0 atom stereocenters. The summed E-state index contributed by atoms with van der Waals surface area (Å²) >= 11 is 11.4. The third-order valence-corrected chi connectivity index (χ3v) is 2.91. The SMILES string of the molecule is O=[N+]([O-])c1c(Cl)cccc1Nc1ccc(Cl)cc1F. The Morgan fingerprint density at radius 2 is 1.89 bits per heavy atom. The maximum absolute atomic E-state index is 13.6. The fourth-order valence-corrected chi connectivity index (χ4v) is 1.94. The van der Waals surface area contributed by atoms with Crippen molar-refractivity contribution in [2.24, 2.45) is 0 Å². The molecule has 0 amide bonds. The maximum atomic E-state index is 13.6. The number of rotatable bonds is 3. The number of nitro groups is 1. The summed E-state index contributed by atoms with van der Waals surface area (Å²) in [5.41, 5.74) is -0.119. The standard InChI is InChI=1S/C12H7Cl2FN2O2/c13-7-4-5-10(9(15)6-7)16-11-3-1-2-8(14)12(11)17(18)19/h1-6,16H. The number of nitro benzene ring substituents is 1. The van der Waals surface area contributed by atoms with Gasteiger partial charge in [0.25, 0.3) is 0 Å². The molecule has 7 heteroatoms. The van der Waals surface area contributed by atoms with E-state index in [1.165, 1.54) is 30.3 Å². The van der Waals surface area contributed by atoms with Crippen molar-refractivity contribution in [3.63, 3.8) is 0 Å². The summed E-state index contributed by atoms with van der Waals surface area (Å²) in [6, 6.07) is 8.35. The summed E-state index contributed by atoms with van der Waals surface area (Å²) in [6.45, 7) is 0. The second-order valence-corrected chi connectivity index (χ2v) is 4.49. The lowest BCUT2D eigenvalue weighted by Gasteiger charge is -2.09. The minimum atomic E-state index is -0.626. The van der Waals surface area contributed by atoms with Crippen molar-refractivity contribution in [1.82, 2.24) is 0 Å². The van der Waals surface area contributed by atoms with Gasteiger partial charge < -0.3 is 5.32 Å². The molecule has 0 aliphatic rings. The molecule has 0 saturated carbocycles. The first-order valence-corrected chi connectivity index (χ1v) is 5.89. The van der Waals surface area contributed by atoms with Crippen LogP contribution < -0.4 is 5.32 Å². The average molecular weight is 301 g/mol. The number of anilines is 2. The molecule has 2 rings (SSSR count). The number of nitrogens with zero attached hydrogens (tertiary/aromatic N) is 1. The van der Waals surface area contributed by atoms with Gasteiger partial charge in [-0.1, -0.05) is 29.3 Å². The van der Waals surface area contributed by atoms with Crippen LogP contribution in [0.2, 0.25) is 10.0 Å². The van der Waals surface area contributed by atoms with Crippen molar-refractivity contribution in [2.45, 2.75) is 0 Å². The zero-order valence-electron chi connectivity index (χ0n) is 9.36. The number of hydrogen-bond acceptors (Lipinski definition) is 3. The molecular weight excluding hydrogens is 294 g/mol. The molecule has 0 aliphatic heterocycles. The van der Waals surface area contributed by atoms with Crippen molar-refractivity contribution in [3.8, 4) is 0 Å². The van der Waals surface area contributed by atoms with Crippen LogP contribution in [0.15, 0.2) is 36.4 Å². The van der Waals surface area contributed by atoms with Gasteiger partial charge in [0.2, 0.25) is 0 Å². The van der Waals surface area contributed by atoms with Gasteiger partial charge in [-0.15, -0.1) is 0 Å². The first kappa shape index (κ1) is 13.6. The molecule has 0 aromatic heterocycles. The zero-order chi connectivity index (χ0) is 14.0. The molecule has 1 N–H and O–H groups in total. The summed E-state index contributed by atoms with van der Waals surface area (Å²) in [4.78, 5) is 10.3. The van der Waals surface area contributed by atoms with E-state index >= 15 is 0 Å². The van der Waals surface area contributed by atoms with E-state index in [0.29, 0.717) is 0 Å². The minimum absolute atomic E-state index is 0.0237. The molecule has 19 heavy (non-hydrogen) atoms. The van der Waals surface area contributed by atoms with Gasteiger partial charge in [-0.25, -0.2) is 4.39 Å². The van der Waals surface area contributed by atoms with E-state index in [4.69, 9.17) is 23.2 Å². The molecule has 2 aromatic carbocycles. The molecule has 98 valence electrons. The number of benzene rings is 2. The first-order chi connectivity index (χ1) is 8.99. The molecule has 0 bridgehead atoms. The lowest BCUT2D eigenvalue weighted by molar-refractivity contribution is -0.383. The average Bonchev–Trinajstić information content (AvgIpc) is 2.32. The van der Waals surface area contributed by atoms with Crippen LogP contribution in [-0.4, -0.2) is 4.92 Å². The smallest absolute Gasteiger partial charge is 0.311 e. The largest absolute Gasteiger partial charge is 0.347 e. The second kappa shape index (κ2) is 5.42. The van der Waals surface area contributed by atoms with E-state index in [-0.39, 0.29) is 27.1 Å². The Morgan fingerprint density at radius 1 is 1.16 bits per heavy atom. The molecule has 4 nitrogen and oxygen atoms in total. The van der Waals surface area contributed by atoms with Crippen LogP contribution in [0.5, 0.6) is 0 Å².